The summed E-state index contributed by atoms with van der Waals surface area (Å²) in [4.78, 5) is 29.4. The highest BCUT2D eigenvalue weighted by molar-refractivity contribution is 9.10. The number of nitrogens with one attached hydrogen (secondary N) is 1. The number of benzene rings is 4. The Bertz CT molecular complexity index is 1720. The van der Waals surface area contributed by atoms with Crippen LogP contribution in [0.3, 0.4) is 0 Å². The molecule has 0 fully saturated rings. The quantitative estimate of drug-likeness (QED) is 0.173. The Labute approximate surface area is 278 Å². The Hall–Kier alpha value is -3.86. The number of methoxy groups -OCH3 is 1. The van der Waals surface area contributed by atoms with Crippen LogP contribution in [0.25, 0.3) is 0 Å². The minimum atomic E-state index is -4.25. The summed E-state index contributed by atoms with van der Waals surface area (Å²) in [6.45, 7) is 3.57. The largest absolute Gasteiger partial charge is 0.496 e. The van der Waals surface area contributed by atoms with Crippen molar-refractivity contribution in [2.24, 2.45) is 0 Å². The lowest BCUT2D eigenvalue weighted by atomic mass is 10.0. The van der Waals surface area contributed by atoms with E-state index in [1.54, 1.807) is 54.6 Å². The second kappa shape index (κ2) is 15.4. The van der Waals surface area contributed by atoms with Crippen LogP contribution in [-0.4, -0.2) is 51.4 Å². The number of carbonyl (C=O) groups excluding carboxylic acids is 2. The molecule has 236 valence electrons. The van der Waals surface area contributed by atoms with Gasteiger partial charge < -0.3 is 15.0 Å². The van der Waals surface area contributed by atoms with Gasteiger partial charge in [0.1, 0.15) is 18.3 Å². The fourth-order valence-corrected chi connectivity index (χ4v) is 7.07. The molecule has 11 heteroatoms. The molecule has 0 saturated carbocycles. The highest BCUT2D eigenvalue weighted by Gasteiger charge is 2.34. The maximum Gasteiger partial charge on any atom is 0.264 e. The van der Waals surface area contributed by atoms with Gasteiger partial charge in [-0.1, -0.05) is 71.8 Å². The van der Waals surface area contributed by atoms with Gasteiger partial charge in [-0.25, -0.2) is 8.42 Å². The minimum Gasteiger partial charge on any atom is -0.496 e. The summed E-state index contributed by atoms with van der Waals surface area (Å²) in [5.41, 5.74) is 2.83. The van der Waals surface area contributed by atoms with E-state index in [1.165, 1.54) is 24.1 Å². The van der Waals surface area contributed by atoms with Crippen molar-refractivity contribution < 1.29 is 22.7 Å². The maximum absolute atomic E-state index is 14.4. The molecule has 45 heavy (non-hydrogen) atoms. The molecule has 0 aromatic heterocycles. The third-order valence-electron chi connectivity index (χ3n) is 7.20. The Morgan fingerprint density at radius 1 is 0.933 bits per heavy atom. The number of likely N-dealkylation sites (N-methyl/N-ethyl adjacent to an activating group) is 1. The van der Waals surface area contributed by atoms with Crippen molar-refractivity contribution in [2.45, 2.75) is 37.8 Å². The molecular formula is C34H35BrClN3O5S. The number of amides is 2. The number of hydrogen-bond acceptors (Lipinski definition) is 5. The number of halogens is 2. The summed E-state index contributed by atoms with van der Waals surface area (Å²) >= 11 is 9.50. The molecule has 0 radical (unpaired) electrons. The number of carbonyl (C=O) groups is 2. The first kappa shape index (κ1) is 34.0. The molecule has 0 saturated heterocycles. The summed E-state index contributed by atoms with van der Waals surface area (Å²) in [7, 11) is -2.77. The maximum atomic E-state index is 14.4. The van der Waals surface area contributed by atoms with Crippen LogP contribution in [0.15, 0.2) is 106 Å². The van der Waals surface area contributed by atoms with Gasteiger partial charge in [-0.15, -0.1) is 0 Å². The predicted molar refractivity (Wildman–Crippen MR) is 181 cm³/mol. The molecule has 1 atom stereocenters. The van der Waals surface area contributed by atoms with Crippen molar-refractivity contribution in [3.05, 3.63) is 123 Å². The molecule has 0 unspecified atom stereocenters. The van der Waals surface area contributed by atoms with E-state index in [0.717, 1.165) is 21.0 Å². The van der Waals surface area contributed by atoms with E-state index in [1.807, 2.05) is 44.2 Å². The fraction of sp³-hybridized carbons (Fsp3) is 0.235. The normalized spacial score (nSPS) is 11.8. The number of ether oxygens (including phenoxy) is 1. The standard InChI is InChI=1S/C34H35BrClN3O5S/c1-4-37-34(41)31(20-25-8-6-5-7-9-25)38(22-26-12-14-27(36)15-13-26)33(40)23-39(28-16-10-24(2)11-17-28)45(42,43)29-18-19-32(44-3)30(35)21-29/h5-19,21,31H,4,20,22-23H2,1-3H3,(H,37,41)/t31-/m0/s1. The molecule has 0 aliphatic heterocycles. The Morgan fingerprint density at radius 2 is 1.60 bits per heavy atom. The number of sulfonamides is 1. The third kappa shape index (κ3) is 8.65. The van der Waals surface area contributed by atoms with E-state index in [2.05, 4.69) is 21.2 Å². The average molecular weight is 713 g/mol. The van der Waals surface area contributed by atoms with Gasteiger partial charge in [-0.2, -0.15) is 0 Å². The molecule has 4 aromatic carbocycles. The second-order valence-corrected chi connectivity index (χ2v) is 13.5. The van der Waals surface area contributed by atoms with Gasteiger partial charge in [0, 0.05) is 24.5 Å². The molecule has 0 bridgehead atoms. The van der Waals surface area contributed by atoms with E-state index in [0.29, 0.717) is 27.5 Å². The highest BCUT2D eigenvalue weighted by Crippen LogP contribution is 2.31. The van der Waals surface area contributed by atoms with Crippen LogP contribution in [0.1, 0.15) is 23.6 Å². The van der Waals surface area contributed by atoms with Gasteiger partial charge in [0.25, 0.3) is 10.0 Å². The molecule has 0 aliphatic carbocycles. The summed E-state index contributed by atoms with van der Waals surface area (Å²) in [6.07, 6.45) is 0.231. The van der Waals surface area contributed by atoms with Gasteiger partial charge in [0.2, 0.25) is 11.8 Å². The fourth-order valence-electron chi connectivity index (χ4n) is 4.81. The van der Waals surface area contributed by atoms with Crippen LogP contribution in [-0.2, 0) is 32.6 Å². The van der Waals surface area contributed by atoms with E-state index in [9.17, 15) is 18.0 Å². The van der Waals surface area contributed by atoms with E-state index >= 15 is 0 Å². The second-order valence-electron chi connectivity index (χ2n) is 10.4. The lowest BCUT2D eigenvalue weighted by molar-refractivity contribution is -0.140. The Balaban J connectivity index is 1.80. The number of hydrogen-bond donors (Lipinski definition) is 1. The van der Waals surface area contributed by atoms with E-state index in [4.69, 9.17) is 16.3 Å². The van der Waals surface area contributed by atoms with Crippen LogP contribution in [0.2, 0.25) is 5.02 Å². The number of aryl methyl sites for hydroxylation is 1. The lowest BCUT2D eigenvalue weighted by Crippen LogP contribution is -2.53. The zero-order valence-electron chi connectivity index (χ0n) is 25.2. The SMILES string of the molecule is CCNC(=O)[C@H](Cc1ccccc1)N(Cc1ccc(Cl)cc1)C(=O)CN(c1ccc(C)cc1)S(=O)(=O)c1ccc(OC)c(Br)c1. The smallest absolute Gasteiger partial charge is 0.264 e. The number of anilines is 1. The van der Waals surface area contributed by atoms with Gasteiger partial charge in [0.15, 0.2) is 0 Å². The van der Waals surface area contributed by atoms with E-state index < -0.39 is 28.5 Å². The van der Waals surface area contributed by atoms with Crippen molar-refractivity contribution in [1.29, 1.82) is 0 Å². The molecule has 0 heterocycles. The Kier molecular flexibility index (Phi) is 11.7. The van der Waals surface area contributed by atoms with Gasteiger partial charge >= 0.3 is 0 Å². The zero-order chi connectivity index (χ0) is 32.6. The molecule has 2 amide bonds. The van der Waals surface area contributed by atoms with Crippen molar-refractivity contribution in [3.63, 3.8) is 0 Å². The zero-order valence-corrected chi connectivity index (χ0v) is 28.4. The van der Waals surface area contributed by atoms with Crippen molar-refractivity contribution in [1.82, 2.24) is 10.2 Å². The average Bonchev–Trinajstić information content (AvgIpc) is 3.03. The number of nitrogens with zero attached hydrogens (tertiary/aromatic N) is 2. The van der Waals surface area contributed by atoms with Crippen molar-refractivity contribution >= 4 is 55.1 Å². The van der Waals surface area contributed by atoms with Crippen LogP contribution in [0.4, 0.5) is 5.69 Å². The monoisotopic (exact) mass is 711 g/mol. The van der Waals surface area contributed by atoms with Crippen molar-refractivity contribution in [3.8, 4) is 5.75 Å². The van der Waals surface area contributed by atoms with Gasteiger partial charge in [0.05, 0.1) is 22.2 Å². The lowest BCUT2D eigenvalue weighted by Gasteiger charge is -2.34. The molecule has 0 aliphatic rings. The molecular weight excluding hydrogens is 678 g/mol. The van der Waals surface area contributed by atoms with Gasteiger partial charge in [-0.3, -0.25) is 13.9 Å². The van der Waals surface area contributed by atoms with E-state index in [-0.39, 0.29) is 23.8 Å². The van der Waals surface area contributed by atoms with Crippen LogP contribution < -0.4 is 14.4 Å². The first-order chi connectivity index (χ1) is 21.5. The number of rotatable bonds is 13. The Morgan fingerprint density at radius 3 is 2.20 bits per heavy atom. The first-order valence-corrected chi connectivity index (χ1v) is 16.9. The summed E-state index contributed by atoms with van der Waals surface area (Å²) in [6, 6.07) is 26.8. The predicted octanol–water partition coefficient (Wildman–Crippen LogP) is 6.39. The van der Waals surface area contributed by atoms with Crippen LogP contribution in [0, 0.1) is 6.92 Å². The summed E-state index contributed by atoms with van der Waals surface area (Å²) in [5, 5.41) is 3.39. The topological polar surface area (TPSA) is 96.0 Å². The molecule has 4 aromatic rings. The minimum absolute atomic E-state index is 0.0302. The summed E-state index contributed by atoms with van der Waals surface area (Å²) in [5.74, 6) is -0.423. The van der Waals surface area contributed by atoms with Crippen LogP contribution >= 0.6 is 27.5 Å². The van der Waals surface area contributed by atoms with Crippen LogP contribution in [0.5, 0.6) is 5.75 Å². The van der Waals surface area contributed by atoms with Gasteiger partial charge in [-0.05, 0) is 83.4 Å². The molecule has 0 spiro atoms. The summed E-state index contributed by atoms with van der Waals surface area (Å²) < 4.78 is 35.3. The highest BCUT2D eigenvalue weighted by atomic mass is 79.9. The molecule has 1 N–H and O–H groups in total. The molecule has 4 rings (SSSR count). The molecule has 8 nitrogen and oxygen atoms in total. The third-order valence-corrected chi connectivity index (χ3v) is 9.84. The van der Waals surface area contributed by atoms with Crippen molar-refractivity contribution in [2.75, 3.05) is 24.5 Å². The first-order valence-electron chi connectivity index (χ1n) is 14.3.